The van der Waals surface area contributed by atoms with E-state index in [0.29, 0.717) is 0 Å². The second kappa shape index (κ2) is 7.85. The number of pyridine rings is 1. The number of fused-ring (bicyclic) bond motifs is 1. The number of nitrogens with one attached hydrogen (secondary N) is 1. The van der Waals surface area contributed by atoms with Crippen molar-refractivity contribution in [2.24, 2.45) is 0 Å². The Morgan fingerprint density at radius 2 is 2.00 bits per heavy atom. The number of hydrogen-bond acceptors (Lipinski definition) is 5. The molecule has 6 heteroatoms. The van der Waals surface area contributed by atoms with Crippen LogP contribution in [0.15, 0.2) is 42.7 Å². The fourth-order valence-electron chi connectivity index (χ4n) is 3.40. The Hall–Kier alpha value is -2.44. The largest absolute Gasteiger partial charge is 0.494 e. The number of likely N-dealkylation sites (N-methyl/N-ethyl adjacent to an activating group) is 1. The summed E-state index contributed by atoms with van der Waals surface area (Å²) in [5.41, 5.74) is 2.94. The summed E-state index contributed by atoms with van der Waals surface area (Å²) in [5, 5.41) is 8.24. The first kappa shape index (κ1) is 17.0. The summed E-state index contributed by atoms with van der Waals surface area (Å²) in [7, 11) is 2.19. The molecule has 0 aliphatic carbocycles. The van der Waals surface area contributed by atoms with Crippen LogP contribution in [0.1, 0.15) is 6.42 Å². The lowest BCUT2D eigenvalue weighted by Gasteiger charge is -2.32. The van der Waals surface area contributed by atoms with Crippen LogP contribution in [0.3, 0.4) is 0 Å². The molecule has 0 spiro atoms. The van der Waals surface area contributed by atoms with Crippen LogP contribution in [-0.4, -0.2) is 71.4 Å². The molecule has 1 fully saturated rings. The van der Waals surface area contributed by atoms with Crippen LogP contribution in [0, 0.1) is 0 Å². The number of piperazine rings is 1. The van der Waals surface area contributed by atoms with Gasteiger partial charge in [0.1, 0.15) is 5.75 Å². The van der Waals surface area contributed by atoms with E-state index < -0.39 is 0 Å². The fourth-order valence-corrected chi connectivity index (χ4v) is 3.40. The highest BCUT2D eigenvalue weighted by Crippen LogP contribution is 2.28. The molecule has 1 aliphatic heterocycles. The van der Waals surface area contributed by atoms with Crippen LogP contribution in [0.25, 0.3) is 22.2 Å². The van der Waals surface area contributed by atoms with Gasteiger partial charge in [-0.1, -0.05) is 0 Å². The van der Waals surface area contributed by atoms with Gasteiger partial charge in [0, 0.05) is 56.1 Å². The maximum absolute atomic E-state index is 6.01. The Balaban J connectivity index is 1.39. The standard InChI is InChI=1S/C20H25N5O/c1-24-10-12-25(13-11-24)9-2-14-26-16-3-4-19-18(15-16)17(5-7-21-19)20-6-8-22-23-20/h3-8,15H,2,9-14H2,1H3,(H,22,23). The third-order valence-electron chi connectivity index (χ3n) is 4.97. The van der Waals surface area contributed by atoms with Gasteiger partial charge in [0.2, 0.25) is 0 Å². The molecule has 26 heavy (non-hydrogen) atoms. The molecule has 0 unspecified atom stereocenters. The molecule has 0 amide bonds. The molecule has 0 radical (unpaired) electrons. The van der Waals surface area contributed by atoms with Crippen molar-refractivity contribution < 1.29 is 4.74 Å². The van der Waals surface area contributed by atoms with E-state index in [4.69, 9.17) is 4.74 Å². The minimum absolute atomic E-state index is 0.732. The van der Waals surface area contributed by atoms with E-state index >= 15 is 0 Å². The highest BCUT2D eigenvalue weighted by atomic mass is 16.5. The Morgan fingerprint density at radius 1 is 1.12 bits per heavy atom. The zero-order valence-corrected chi connectivity index (χ0v) is 15.2. The van der Waals surface area contributed by atoms with Crippen molar-refractivity contribution in [2.45, 2.75) is 6.42 Å². The molecular weight excluding hydrogens is 326 g/mol. The van der Waals surface area contributed by atoms with E-state index in [0.717, 1.165) is 73.7 Å². The van der Waals surface area contributed by atoms with Crippen molar-refractivity contribution in [3.8, 4) is 17.0 Å². The van der Waals surface area contributed by atoms with Gasteiger partial charge in [0.25, 0.3) is 0 Å². The maximum Gasteiger partial charge on any atom is 0.120 e. The van der Waals surface area contributed by atoms with E-state index in [2.05, 4.69) is 38.1 Å². The summed E-state index contributed by atoms with van der Waals surface area (Å²) in [6, 6.07) is 10.1. The van der Waals surface area contributed by atoms with E-state index in [9.17, 15) is 0 Å². The Kier molecular flexibility index (Phi) is 5.13. The molecule has 0 atom stereocenters. The normalized spacial score (nSPS) is 16.2. The summed E-state index contributed by atoms with van der Waals surface area (Å²) in [6.45, 7) is 6.47. The predicted molar refractivity (Wildman–Crippen MR) is 103 cm³/mol. The summed E-state index contributed by atoms with van der Waals surface area (Å²) in [6.07, 6.45) is 4.70. The maximum atomic E-state index is 6.01. The summed E-state index contributed by atoms with van der Waals surface area (Å²) in [4.78, 5) is 9.35. The van der Waals surface area contributed by atoms with E-state index in [1.807, 2.05) is 36.7 Å². The molecule has 1 N–H and O–H groups in total. The van der Waals surface area contributed by atoms with E-state index in [1.54, 1.807) is 0 Å². The van der Waals surface area contributed by atoms with Gasteiger partial charge in [-0.05, 0) is 43.8 Å². The van der Waals surface area contributed by atoms with Gasteiger partial charge < -0.3 is 14.5 Å². The molecule has 3 heterocycles. The number of hydrogen-bond donors (Lipinski definition) is 1. The van der Waals surface area contributed by atoms with Crippen LogP contribution in [0.4, 0.5) is 0 Å². The molecule has 136 valence electrons. The smallest absolute Gasteiger partial charge is 0.120 e. The van der Waals surface area contributed by atoms with Gasteiger partial charge in [-0.3, -0.25) is 10.1 Å². The van der Waals surface area contributed by atoms with Crippen molar-refractivity contribution in [3.63, 3.8) is 0 Å². The second-order valence-corrected chi connectivity index (χ2v) is 6.84. The van der Waals surface area contributed by atoms with Crippen molar-refractivity contribution in [1.29, 1.82) is 0 Å². The van der Waals surface area contributed by atoms with Crippen LogP contribution in [-0.2, 0) is 0 Å². The Morgan fingerprint density at radius 3 is 2.81 bits per heavy atom. The van der Waals surface area contributed by atoms with Gasteiger partial charge in [-0.25, -0.2) is 0 Å². The van der Waals surface area contributed by atoms with Crippen LogP contribution >= 0.6 is 0 Å². The summed E-state index contributed by atoms with van der Waals surface area (Å²) >= 11 is 0. The third-order valence-corrected chi connectivity index (χ3v) is 4.97. The lowest BCUT2D eigenvalue weighted by molar-refractivity contribution is 0.145. The van der Waals surface area contributed by atoms with Crippen LogP contribution in [0.5, 0.6) is 5.75 Å². The van der Waals surface area contributed by atoms with Crippen molar-refractivity contribution in [3.05, 3.63) is 42.7 Å². The molecule has 0 saturated carbocycles. The van der Waals surface area contributed by atoms with Gasteiger partial charge >= 0.3 is 0 Å². The zero-order chi connectivity index (χ0) is 17.8. The molecule has 1 aromatic carbocycles. The molecule has 4 rings (SSSR count). The van der Waals surface area contributed by atoms with E-state index in [-0.39, 0.29) is 0 Å². The molecule has 0 bridgehead atoms. The lowest BCUT2D eigenvalue weighted by Crippen LogP contribution is -2.44. The first-order valence-corrected chi connectivity index (χ1v) is 9.22. The van der Waals surface area contributed by atoms with Crippen molar-refractivity contribution in [1.82, 2.24) is 25.0 Å². The highest BCUT2D eigenvalue weighted by Gasteiger charge is 2.13. The second-order valence-electron chi connectivity index (χ2n) is 6.84. The van der Waals surface area contributed by atoms with Gasteiger partial charge in [-0.2, -0.15) is 5.10 Å². The molecule has 1 aliphatic rings. The number of H-pyrrole nitrogens is 1. The van der Waals surface area contributed by atoms with Gasteiger partial charge in [0.05, 0.1) is 17.8 Å². The van der Waals surface area contributed by atoms with Gasteiger partial charge in [-0.15, -0.1) is 0 Å². The monoisotopic (exact) mass is 351 g/mol. The Bertz CT molecular complexity index is 841. The van der Waals surface area contributed by atoms with Crippen molar-refractivity contribution in [2.75, 3.05) is 46.4 Å². The van der Waals surface area contributed by atoms with Crippen molar-refractivity contribution >= 4 is 10.9 Å². The Labute approximate surface area is 153 Å². The molecular formula is C20H25N5O. The molecule has 6 nitrogen and oxygen atoms in total. The number of ether oxygens (including phenoxy) is 1. The lowest BCUT2D eigenvalue weighted by atomic mass is 10.1. The van der Waals surface area contributed by atoms with E-state index in [1.165, 1.54) is 0 Å². The van der Waals surface area contributed by atoms with Gasteiger partial charge in [0.15, 0.2) is 0 Å². The van der Waals surface area contributed by atoms with Crippen LogP contribution < -0.4 is 4.74 Å². The topological polar surface area (TPSA) is 57.3 Å². The minimum atomic E-state index is 0.732. The summed E-state index contributed by atoms with van der Waals surface area (Å²) in [5.74, 6) is 0.890. The SMILES string of the molecule is CN1CCN(CCCOc2ccc3nccc(-c4cc[nH]n4)c3c2)CC1. The number of benzene rings is 1. The zero-order valence-electron chi connectivity index (χ0n) is 15.2. The molecule has 1 saturated heterocycles. The predicted octanol–water partition coefficient (Wildman–Crippen LogP) is 2.64. The number of nitrogens with zero attached hydrogens (tertiary/aromatic N) is 4. The number of aromatic amines is 1. The average molecular weight is 351 g/mol. The number of rotatable bonds is 6. The molecule has 2 aromatic heterocycles. The molecule has 3 aromatic rings. The quantitative estimate of drug-likeness (QED) is 0.692. The first-order chi connectivity index (χ1) is 12.8. The van der Waals surface area contributed by atoms with Crippen LogP contribution in [0.2, 0.25) is 0 Å². The summed E-state index contributed by atoms with van der Waals surface area (Å²) < 4.78 is 6.01. The average Bonchev–Trinajstić information content (AvgIpc) is 3.20. The fraction of sp³-hybridized carbons (Fsp3) is 0.400. The third kappa shape index (κ3) is 3.86. The highest BCUT2D eigenvalue weighted by molar-refractivity contribution is 5.94. The first-order valence-electron chi connectivity index (χ1n) is 9.22. The number of aromatic nitrogens is 3. The minimum Gasteiger partial charge on any atom is -0.494 e.